The maximum absolute atomic E-state index is 12.4. The molecule has 1 amide bonds. The summed E-state index contributed by atoms with van der Waals surface area (Å²) >= 11 is 1.55. The molecule has 4 nitrogen and oxygen atoms in total. The highest BCUT2D eigenvalue weighted by molar-refractivity contribution is 7.09. The molecule has 0 fully saturated rings. The van der Waals surface area contributed by atoms with Gasteiger partial charge in [0.1, 0.15) is 5.01 Å². The van der Waals surface area contributed by atoms with Crippen molar-refractivity contribution in [3.63, 3.8) is 0 Å². The van der Waals surface area contributed by atoms with Crippen molar-refractivity contribution in [3.8, 4) is 0 Å². The van der Waals surface area contributed by atoms with E-state index in [1.54, 1.807) is 23.6 Å². The molecule has 0 saturated carbocycles. The highest BCUT2D eigenvalue weighted by atomic mass is 32.1. The Labute approximate surface area is 123 Å². The van der Waals surface area contributed by atoms with E-state index in [4.69, 9.17) is 5.73 Å². The van der Waals surface area contributed by atoms with Crippen LogP contribution in [-0.4, -0.2) is 10.9 Å². The molecule has 106 valence electrons. The van der Waals surface area contributed by atoms with Crippen LogP contribution in [-0.2, 0) is 0 Å². The second kappa shape index (κ2) is 6.05. The van der Waals surface area contributed by atoms with Crippen LogP contribution in [0.25, 0.3) is 0 Å². The van der Waals surface area contributed by atoms with Gasteiger partial charge in [-0.05, 0) is 37.5 Å². The first-order valence-corrected chi connectivity index (χ1v) is 7.47. The van der Waals surface area contributed by atoms with Crippen molar-refractivity contribution in [2.24, 2.45) is 0 Å². The molecular weight excluding hydrogens is 270 g/mol. The van der Waals surface area contributed by atoms with Gasteiger partial charge in [-0.1, -0.05) is 13.0 Å². The Hall–Kier alpha value is -1.88. The Bertz CT molecular complexity index is 608. The van der Waals surface area contributed by atoms with Gasteiger partial charge in [0, 0.05) is 22.8 Å². The highest BCUT2D eigenvalue weighted by Crippen LogP contribution is 2.22. The topological polar surface area (TPSA) is 68.0 Å². The highest BCUT2D eigenvalue weighted by Gasteiger charge is 2.18. The number of aryl methyl sites for hydroxylation is 2. The number of thiazole rings is 1. The van der Waals surface area contributed by atoms with Gasteiger partial charge in [0.2, 0.25) is 0 Å². The van der Waals surface area contributed by atoms with Crippen LogP contribution in [0.2, 0.25) is 0 Å². The smallest absolute Gasteiger partial charge is 0.252 e. The van der Waals surface area contributed by atoms with Crippen LogP contribution in [0.5, 0.6) is 0 Å². The fourth-order valence-electron chi connectivity index (χ4n) is 2.09. The van der Waals surface area contributed by atoms with Gasteiger partial charge < -0.3 is 11.1 Å². The van der Waals surface area contributed by atoms with Crippen LogP contribution >= 0.6 is 11.3 Å². The number of amides is 1. The van der Waals surface area contributed by atoms with E-state index in [2.05, 4.69) is 10.3 Å². The number of nitrogens with zero attached hydrogens (tertiary/aromatic N) is 1. The van der Waals surface area contributed by atoms with Crippen molar-refractivity contribution >= 4 is 22.9 Å². The molecule has 0 aliphatic rings. The van der Waals surface area contributed by atoms with Gasteiger partial charge in [0.05, 0.1) is 6.04 Å². The lowest BCUT2D eigenvalue weighted by atomic mass is 10.0. The lowest BCUT2D eigenvalue weighted by Crippen LogP contribution is -2.28. The third-order valence-electron chi connectivity index (χ3n) is 3.32. The normalized spacial score (nSPS) is 12.2. The SMILES string of the molecule is CCC(NC(=O)c1cc(N)c(C)cc1C)c1nccs1. The lowest BCUT2D eigenvalue weighted by molar-refractivity contribution is 0.0935. The third kappa shape index (κ3) is 2.99. The average Bonchev–Trinajstić information content (AvgIpc) is 2.93. The number of nitrogens with two attached hydrogens (primary N) is 1. The van der Waals surface area contributed by atoms with Gasteiger partial charge in [-0.3, -0.25) is 4.79 Å². The molecule has 1 heterocycles. The summed E-state index contributed by atoms with van der Waals surface area (Å²) in [6.07, 6.45) is 2.56. The number of rotatable bonds is 4. The zero-order chi connectivity index (χ0) is 14.7. The molecule has 1 aromatic carbocycles. The Balaban J connectivity index is 2.21. The zero-order valence-electron chi connectivity index (χ0n) is 11.9. The van der Waals surface area contributed by atoms with E-state index in [0.717, 1.165) is 22.6 Å². The van der Waals surface area contributed by atoms with Crippen LogP contribution in [0.1, 0.15) is 45.9 Å². The molecular formula is C15H19N3OS. The minimum absolute atomic E-state index is 0.0515. The number of carbonyl (C=O) groups excluding carboxylic acids is 1. The molecule has 0 aliphatic heterocycles. The number of anilines is 1. The standard InChI is InChI=1S/C15H19N3OS/c1-4-13(15-17-5-6-20-15)18-14(19)11-8-12(16)10(3)7-9(11)2/h5-8,13H,4,16H2,1-3H3,(H,18,19). The Kier molecular flexibility index (Phi) is 4.39. The van der Waals surface area contributed by atoms with Gasteiger partial charge in [0.25, 0.3) is 5.91 Å². The van der Waals surface area contributed by atoms with E-state index in [1.165, 1.54) is 0 Å². The Morgan fingerprint density at radius 1 is 1.40 bits per heavy atom. The number of aromatic nitrogens is 1. The summed E-state index contributed by atoms with van der Waals surface area (Å²) in [5.74, 6) is -0.101. The maximum Gasteiger partial charge on any atom is 0.252 e. The molecule has 2 rings (SSSR count). The summed E-state index contributed by atoms with van der Waals surface area (Å²) in [6.45, 7) is 5.89. The van der Waals surface area contributed by atoms with Crippen molar-refractivity contribution in [1.29, 1.82) is 0 Å². The molecule has 1 aromatic heterocycles. The molecule has 5 heteroatoms. The molecule has 0 radical (unpaired) electrons. The van der Waals surface area contributed by atoms with E-state index in [0.29, 0.717) is 11.3 Å². The van der Waals surface area contributed by atoms with Crippen molar-refractivity contribution in [2.45, 2.75) is 33.2 Å². The van der Waals surface area contributed by atoms with Crippen LogP contribution in [0.15, 0.2) is 23.7 Å². The second-order valence-electron chi connectivity index (χ2n) is 4.83. The first kappa shape index (κ1) is 14.5. The molecule has 1 unspecified atom stereocenters. The van der Waals surface area contributed by atoms with E-state index < -0.39 is 0 Å². The minimum Gasteiger partial charge on any atom is -0.398 e. The predicted molar refractivity (Wildman–Crippen MR) is 82.9 cm³/mol. The van der Waals surface area contributed by atoms with E-state index in [9.17, 15) is 4.79 Å². The number of hydrogen-bond donors (Lipinski definition) is 2. The number of carbonyl (C=O) groups is 1. The largest absolute Gasteiger partial charge is 0.398 e. The van der Waals surface area contributed by atoms with Gasteiger partial charge in [-0.15, -0.1) is 11.3 Å². The fourth-order valence-corrected chi connectivity index (χ4v) is 2.87. The van der Waals surface area contributed by atoms with Crippen molar-refractivity contribution in [2.75, 3.05) is 5.73 Å². The average molecular weight is 289 g/mol. The summed E-state index contributed by atoms with van der Waals surface area (Å²) < 4.78 is 0. The summed E-state index contributed by atoms with van der Waals surface area (Å²) in [5, 5.41) is 5.87. The van der Waals surface area contributed by atoms with Gasteiger partial charge in [-0.25, -0.2) is 4.98 Å². The molecule has 20 heavy (non-hydrogen) atoms. The summed E-state index contributed by atoms with van der Waals surface area (Å²) in [5.41, 5.74) is 9.09. The summed E-state index contributed by atoms with van der Waals surface area (Å²) in [7, 11) is 0. The number of benzene rings is 1. The van der Waals surface area contributed by atoms with Gasteiger partial charge in [-0.2, -0.15) is 0 Å². The van der Waals surface area contributed by atoms with Crippen LogP contribution < -0.4 is 11.1 Å². The van der Waals surface area contributed by atoms with Crippen LogP contribution in [0.3, 0.4) is 0 Å². The summed E-state index contributed by atoms with van der Waals surface area (Å²) in [4.78, 5) is 16.7. The molecule has 0 saturated heterocycles. The first-order chi connectivity index (χ1) is 9.52. The molecule has 3 N–H and O–H groups in total. The summed E-state index contributed by atoms with van der Waals surface area (Å²) in [6, 6.07) is 3.63. The quantitative estimate of drug-likeness (QED) is 0.849. The molecule has 1 atom stereocenters. The Morgan fingerprint density at radius 2 is 2.15 bits per heavy atom. The molecule has 0 spiro atoms. The third-order valence-corrected chi connectivity index (χ3v) is 4.21. The predicted octanol–water partition coefficient (Wildman–Crippen LogP) is 3.22. The zero-order valence-corrected chi connectivity index (χ0v) is 12.8. The monoisotopic (exact) mass is 289 g/mol. The molecule has 0 aliphatic carbocycles. The molecule has 2 aromatic rings. The first-order valence-electron chi connectivity index (χ1n) is 6.60. The van der Waals surface area contributed by atoms with Crippen molar-refractivity contribution in [3.05, 3.63) is 45.4 Å². The Morgan fingerprint density at radius 3 is 2.75 bits per heavy atom. The van der Waals surface area contributed by atoms with Crippen molar-refractivity contribution in [1.82, 2.24) is 10.3 Å². The van der Waals surface area contributed by atoms with Gasteiger partial charge >= 0.3 is 0 Å². The van der Waals surface area contributed by atoms with Crippen LogP contribution in [0.4, 0.5) is 5.69 Å². The molecule has 0 bridgehead atoms. The maximum atomic E-state index is 12.4. The van der Waals surface area contributed by atoms with E-state index in [1.807, 2.05) is 32.2 Å². The number of nitrogens with one attached hydrogen (secondary N) is 1. The number of hydrogen-bond acceptors (Lipinski definition) is 4. The lowest BCUT2D eigenvalue weighted by Gasteiger charge is -2.16. The van der Waals surface area contributed by atoms with E-state index >= 15 is 0 Å². The van der Waals surface area contributed by atoms with Crippen LogP contribution in [0, 0.1) is 13.8 Å². The van der Waals surface area contributed by atoms with E-state index in [-0.39, 0.29) is 11.9 Å². The minimum atomic E-state index is -0.101. The van der Waals surface area contributed by atoms with Crippen molar-refractivity contribution < 1.29 is 4.79 Å². The fraction of sp³-hybridized carbons (Fsp3) is 0.333. The van der Waals surface area contributed by atoms with Gasteiger partial charge in [0.15, 0.2) is 0 Å². The second-order valence-corrected chi connectivity index (χ2v) is 5.75. The number of nitrogen functional groups attached to an aromatic ring is 1.